The van der Waals surface area contributed by atoms with E-state index >= 15 is 0 Å². The molecule has 0 unspecified atom stereocenters. The Balaban J connectivity index is 2.17. The Morgan fingerprint density at radius 1 is 1.53 bits per heavy atom. The molecule has 1 aromatic rings. The average molecular weight is 203 g/mol. The van der Waals surface area contributed by atoms with E-state index < -0.39 is 0 Å². The summed E-state index contributed by atoms with van der Waals surface area (Å²) >= 11 is 0. The lowest BCUT2D eigenvalue weighted by molar-refractivity contribution is 0.276. The number of benzene rings is 1. The molecular weight excluding hydrogens is 186 g/mol. The molecule has 1 aliphatic rings. The largest absolute Gasteiger partial charge is 0.396 e. The summed E-state index contributed by atoms with van der Waals surface area (Å²) in [5, 5.41) is 12.4. The highest BCUT2D eigenvalue weighted by molar-refractivity contribution is 5.60. The average Bonchev–Trinajstić information content (AvgIpc) is 2.29. The van der Waals surface area contributed by atoms with Crippen LogP contribution in [0.5, 0.6) is 0 Å². The second-order valence-electron chi connectivity index (χ2n) is 4.01. The molecule has 1 aromatic carbocycles. The summed E-state index contributed by atoms with van der Waals surface area (Å²) in [6, 6.07) is 6.79. The van der Waals surface area contributed by atoms with Crippen LogP contribution in [0, 0.1) is 0 Å². The van der Waals surface area contributed by atoms with Crippen LogP contribution < -0.4 is 5.32 Å². The minimum Gasteiger partial charge on any atom is -0.396 e. The summed E-state index contributed by atoms with van der Waals surface area (Å²) < 4.78 is 0. The SMILES string of the molecule is C=Cc1ccc2c(c1)CC[C@@H](CCO)N2. The van der Waals surface area contributed by atoms with Crippen molar-refractivity contribution < 1.29 is 5.11 Å². The molecule has 2 rings (SSSR count). The topological polar surface area (TPSA) is 32.3 Å². The third-order valence-corrected chi connectivity index (χ3v) is 2.96. The molecule has 0 aliphatic carbocycles. The molecule has 0 radical (unpaired) electrons. The van der Waals surface area contributed by atoms with Crippen LogP contribution in [0.2, 0.25) is 0 Å². The van der Waals surface area contributed by atoms with Crippen LogP contribution in [0.4, 0.5) is 5.69 Å². The van der Waals surface area contributed by atoms with Crippen molar-refractivity contribution >= 4 is 11.8 Å². The Morgan fingerprint density at radius 2 is 2.40 bits per heavy atom. The Morgan fingerprint density at radius 3 is 3.13 bits per heavy atom. The predicted octanol–water partition coefficient (Wildman–Crippen LogP) is 2.44. The molecule has 2 nitrogen and oxygen atoms in total. The molecule has 0 spiro atoms. The Hall–Kier alpha value is -1.28. The summed E-state index contributed by atoms with van der Waals surface area (Å²) in [5.74, 6) is 0. The zero-order valence-corrected chi connectivity index (χ0v) is 8.87. The van der Waals surface area contributed by atoms with E-state index in [0.29, 0.717) is 6.04 Å². The molecule has 1 heterocycles. The quantitative estimate of drug-likeness (QED) is 0.790. The number of aliphatic hydroxyl groups is 1. The van der Waals surface area contributed by atoms with Gasteiger partial charge in [0.2, 0.25) is 0 Å². The lowest BCUT2D eigenvalue weighted by atomic mass is 9.95. The zero-order valence-electron chi connectivity index (χ0n) is 8.87. The molecule has 15 heavy (non-hydrogen) atoms. The van der Waals surface area contributed by atoms with Crippen molar-refractivity contribution in [3.05, 3.63) is 35.9 Å². The van der Waals surface area contributed by atoms with E-state index in [1.54, 1.807) is 0 Å². The number of nitrogens with one attached hydrogen (secondary N) is 1. The first-order valence-electron chi connectivity index (χ1n) is 5.46. The number of hydrogen-bond acceptors (Lipinski definition) is 2. The summed E-state index contributed by atoms with van der Waals surface area (Å²) in [7, 11) is 0. The third kappa shape index (κ3) is 2.21. The van der Waals surface area contributed by atoms with Crippen LogP contribution in [0.25, 0.3) is 6.08 Å². The number of fused-ring (bicyclic) bond motifs is 1. The second-order valence-corrected chi connectivity index (χ2v) is 4.01. The predicted molar refractivity (Wildman–Crippen MR) is 64.0 cm³/mol. The van der Waals surface area contributed by atoms with Gasteiger partial charge >= 0.3 is 0 Å². The van der Waals surface area contributed by atoms with Gasteiger partial charge in [0.15, 0.2) is 0 Å². The molecule has 1 atom stereocenters. The van der Waals surface area contributed by atoms with Gasteiger partial charge in [0.1, 0.15) is 0 Å². The number of rotatable bonds is 3. The first-order chi connectivity index (χ1) is 7.33. The zero-order chi connectivity index (χ0) is 10.7. The van der Waals surface area contributed by atoms with Crippen LogP contribution in [0.15, 0.2) is 24.8 Å². The van der Waals surface area contributed by atoms with Gasteiger partial charge in [-0.1, -0.05) is 18.7 Å². The maximum Gasteiger partial charge on any atom is 0.0450 e. The van der Waals surface area contributed by atoms with Crippen molar-refractivity contribution in [3.63, 3.8) is 0 Å². The molecular formula is C13H17NO. The first-order valence-corrected chi connectivity index (χ1v) is 5.46. The maximum absolute atomic E-state index is 8.90. The van der Waals surface area contributed by atoms with Crippen LogP contribution in [0.3, 0.4) is 0 Å². The highest BCUT2D eigenvalue weighted by atomic mass is 16.3. The van der Waals surface area contributed by atoms with Crippen LogP contribution in [-0.2, 0) is 6.42 Å². The molecule has 0 amide bonds. The molecule has 0 saturated carbocycles. The van der Waals surface area contributed by atoms with E-state index in [1.165, 1.54) is 16.8 Å². The summed E-state index contributed by atoms with van der Waals surface area (Å²) in [6.07, 6.45) is 4.91. The Labute approximate surface area is 90.6 Å². The fraction of sp³-hybridized carbons (Fsp3) is 0.385. The molecule has 0 aromatic heterocycles. The maximum atomic E-state index is 8.90. The van der Waals surface area contributed by atoms with Crippen LogP contribution in [-0.4, -0.2) is 17.8 Å². The van der Waals surface area contributed by atoms with Crippen LogP contribution in [0.1, 0.15) is 24.0 Å². The molecule has 1 aliphatic heterocycles. The van der Waals surface area contributed by atoms with Crippen LogP contribution >= 0.6 is 0 Å². The van der Waals surface area contributed by atoms with Gasteiger partial charge in [-0.25, -0.2) is 0 Å². The highest BCUT2D eigenvalue weighted by Gasteiger charge is 2.16. The highest BCUT2D eigenvalue weighted by Crippen LogP contribution is 2.27. The van der Waals surface area contributed by atoms with Gasteiger partial charge in [-0.15, -0.1) is 0 Å². The van der Waals surface area contributed by atoms with Gasteiger partial charge in [-0.05, 0) is 42.5 Å². The normalized spacial score (nSPS) is 19.1. The second kappa shape index (κ2) is 4.49. The van der Waals surface area contributed by atoms with Crippen molar-refractivity contribution in [1.29, 1.82) is 0 Å². The summed E-state index contributed by atoms with van der Waals surface area (Å²) in [6.45, 7) is 4.03. The number of hydrogen-bond donors (Lipinski definition) is 2. The van der Waals surface area contributed by atoms with Gasteiger partial charge in [-0.2, -0.15) is 0 Å². The lowest BCUT2D eigenvalue weighted by Crippen LogP contribution is -2.26. The van der Waals surface area contributed by atoms with E-state index in [4.69, 9.17) is 5.11 Å². The molecule has 0 bridgehead atoms. The van der Waals surface area contributed by atoms with Crippen molar-refractivity contribution in [3.8, 4) is 0 Å². The standard InChI is InChI=1S/C13H17NO/c1-2-10-3-6-13-11(9-10)4-5-12(14-13)7-8-15/h2-3,6,9,12,14-15H,1,4-5,7-8H2/t12-/m0/s1. The van der Waals surface area contributed by atoms with Gasteiger partial charge < -0.3 is 10.4 Å². The molecule has 80 valence electrons. The number of aliphatic hydroxyl groups excluding tert-OH is 1. The molecule has 0 saturated heterocycles. The van der Waals surface area contributed by atoms with Crippen molar-refractivity contribution in [1.82, 2.24) is 0 Å². The first kappa shape index (κ1) is 10.2. The minimum atomic E-state index is 0.262. The fourth-order valence-electron chi connectivity index (χ4n) is 2.08. The molecule has 0 fully saturated rings. The van der Waals surface area contributed by atoms with E-state index in [9.17, 15) is 0 Å². The monoisotopic (exact) mass is 203 g/mol. The number of anilines is 1. The molecule has 2 N–H and O–H groups in total. The summed E-state index contributed by atoms with van der Waals surface area (Å²) in [4.78, 5) is 0. The van der Waals surface area contributed by atoms with Crippen molar-refractivity contribution in [2.45, 2.75) is 25.3 Å². The van der Waals surface area contributed by atoms with Crippen molar-refractivity contribution in [2.75, 3.05) is 11.9 Å². The van der Waals surface area contributed by atoms with Gasteiger partial charge in [0.05, 0.1) is 0 Å². The lowest BCUT2D eigenvalue weighted by Gasteiger charge is -2.26. The Kier molecular flexibility index (Phi) is 3.07. The smallest absolute Gasteiger partial charge is 0.0450 e. The molecule has 2 heteroatoms. The van der Waals surface area contributed by atoms with E-state index in [1.807, 2.05) is 6.08 Å². The third-order valence-electron chi connectivity index (χ3n) is 2.96. The Bertz CT molecular complexity index is 360. The van der Waals surface area contributed by atoms with Gasteiger partial charge in [0.25, 0.3) is 0 Å². The van der Waals surface area contributed by atoms with E-state index in [0.717, 1.165) is 19.3 Å². The minimum absolute atomic E-state index is 0.262. The number of aryl methyl sites for hydroxylation is 1. The van der Waals surface area contributed by atoms with E-state index in [-0.39, 0.29) is 6.61 Å². The van der Waals surface area contributed by atoms with Gasteiger partial charge in [0, 0.05) is 18.3 Å². The van der Waals surface area contributed by atoms with E-state index in [2.05, 4.69) is 30.1 Å². The van der Waals surface area contributed by atoms with Gasteiger partial charge in [-0.3, -0.25) is 0 Å². The summed E-state index contributed by atoms with van der Waals surface area (Å²) in [5.41, 5.74) is 3.75. The van der Waals surface area contributed by atoms with Crippen molar-refractivity contribution in [2.24, 2.45) is 0 Å². The fourth-order valence-corrected chi connectivity index (χ4v) is 2.08.